The molecule has 76 valence electrons. The van der Waals surface area contributed by atoms with Gasteiger partial charge in [-0.05, 0) is 25.3 Å². The minimum atomic E-state index is -0.0234. The van der Waals surface area contributed by atoms with Crippen LogP contribution in [0.15, 0.2) is 12.1 Å². The first-order chi connectivity index (χ1) is 6.63. The number of nitrogens with zero attached hydrogens (tertiary/aromatic N) is 1. The quantitative estimate of drug-likeness (QED) is 0.811. The zero-order chi connectivity index (χ0) is 10.6. The SMILES string of the molecule is CSCC(=O)Nc1ccc(Cl)nc1C. The van der Waals surface area contributed by atoms with Crippen molar-refractivity contribution in [3.63, 3.8) is 0 Å². The summed E-state index contributed by atoms with van der Waals surface area (Å²) < 4.78 is 0. The molecule has 0 radical (unpaired) electrons. The van der Waals surface area contributed by atoms with Gasteiger partial charge in [-0.15, -0.1) is 0 Å². The molecule has 0 saturated heterocycles. The summed E-state index contributed by atoms with van der Waals surface area (Å²) in [5.74, 6) is 0.423. The Bertz CT molecular complexity index is 344. The standard InChI is InChI=1S/C9H11ClN2OS/c1-6-7(3-4-8(10)11-6)12-9(13)5-14-2/h3-4H,5H2,1-2H3,(H,12,13). The topological polar surface area (TPSA) is 42.0 Å². The molecule has 1 amide bonds. The molecule has 1 rings (SSSR count). The predicted octanol–water partition coefficient (Wildman–Crippen LogP) is 2.34. The fraction of sp³-hybridized carbons (Fsp3) is 0.333. The lowest BCUT2D eigenvalue weighted by Gasteiger charge is -2.06. The van der Waals surface area contributed by atoms with Gasteiger partial charge in [0.05, 0.1) is 17.1 Å². The van der Waals surface area contributed by atoms with E-state index in [1.54, 1.807) is 19.1 Å². The van der Waals surface area contributed by atoms with Crippen LogP contribution in [0.4, 0.5) is 5.69 Å². The number of halogens is 1. The Kier molecular flexibility index (Phi) is 4.22. The second-order valence-corrected chi connectivity index (χ2v) is 4.00. The van der Waals surface area contributed by atoms with E-state index in [9.17, 15) is 4.79 Å². The van der Waals surface area contributed by atoms with Gasteiger partial charge >= 0.3 is 0 Å². The molecule has 1 heterocycles. The normalized spacial score (nSPS) is 9.93. The van der Waals surface area contributed by atoms with Crippen LogP contribution in [0.5, 0.6) is 0 Å². The van der Waals surface area contributed by atoms with Crippen LogP contribution in [0.2, 0.25) is 5.15 Å². The van der Waals surface area contributed by atoms with E-state index in [0.29, 0.717) is 16.6 Å². The summed E-state index contributed by atoms with van der Waals surface area (Å²) in [7, 11) is 0. The molecule has 3 nitrogen and oxygen atoms in total. The Balaban J connectivity index is 2.72. The van der Waals surface area contributed by atoms with Gasteiger partial charge in [0.15, 0.2) is 0 Å². The summed E-state index contributed by atoms with van der Waals surface area (Å²) in [6.07, 6.45) is 1.88. The van der Waals surface area contributed by atoms with E-state index >= 15 is 0 Å². The molecular formula is C9H11ClN2OS. The molecule has 0 atom stereocenters. The fourth-order valence-corrected chi connectivity index (χ4v) is 1.50. The predicted molar refractivity (Wildman–Crippen MR) is 61.0 cm³/mol. The van der Waals surface area contributed by atoms with Crippen molar-refractivity contribution >= 4 is 35.0 Å². The summed E-state index contributed by atoms with van der Waals surface area (Å²) in [6, 6.07) is 3.41. The highest BCUT2D eigenvalue weighted by Gasteiger charge is 2.04. The number of rotatable bonds is 3. The Morgan fingerprint density at radius 3 is 2.93 bits per heavy atom. The lowest BCUT2D eigenvalue weighted by molar-refractivity contribution is -0.113. The lowest BCUT2D eigenvalue weighted by atomic mass is 10.3. The van der Waals surface area contributed by atoms with Crippen LogP contribution in [0.25, 0.3) is 0 Å². The summed E-state index contributed by atoms with van der Waals surface area (Å²) in [4.78, 5) is 15.3. The minimum Gasteiger partial charge on any atom is -0.324 e. The maximum atomic E-state index is 11.3. The second-order valence-electron chi connectivity index (χ2n) is 2.75. The van der Waals surface area contributed by atoms with E-state index in [0.717, 1.165) is 5.69 Å². The third kappa shape index (κ3) is 3.20. The highest BCUT2D eigenvalue weighted by molar-refractivity contribution is 7.99. The Morgan fingerprint density at radius 1 is 1.64 bits per heavy atom. The number of amides is 1. The molecule has 14 heavy (non-hydrogen) atoms. The molecule has 0 aliphatic rings. The molecular weight excluding hydrogens is 220 g/mol. The average Bonchev–Trinajstić information content (AvgIpc) is 2.10. The number of aromatic nitrogens is 1. The molecule has 0 aliphatic carbocycles. The number of carbonyl (C=O) groups excluding carboxylic acids is 1. The molecule has 5 heteroatoms. The first-order valence-corrected chi connectivity index (χ1v) is 5.82. The molecule has 0 aliphatic heterocycles. The van der Waals surface area contributed by atoms with Gasteiger partial charge in [-0.2, -0.15) is 11.8 Å². The number of thioether (sulfide) groups is 1. The summed E-state index contributed by atoms with van der Waals surface area (Å²) >= 11 is 7.17. The van der Waals surface area contributed by atoms with Crippen molar-refractivity contribution in [1.82, 2.24) is 4.98 Å². The van der Waals surface area contributed by atoms with E-state index in [2.05, 4.69) is 10.3 Å². The molecule has 0 spiro atoms. The van der Waals surface area contributed by atoms with Gasteiger partial charge in [0.25, 0.3) is 0 Å². The number of nitrogens with one attached hydrogen (secondary N) is 1. The first kappa shape index (κ1) is 11.3. The van der Waals surface area contributed by atoms with Crippen molar-refractivity contribution in [3.05, 3.63) is 23.0 Å². The Labute approximate surface area is 92.2 Å². The molecule has 1 aromatic heterocycles. The Morgan fingerprint density at radius 2 is 2.36 bits per heavy atom. The van der Waals surface area contributed by atoms with Crippen molar-refractivity contribution in [2.24, 2.45) is 0 Å². The van der Waals surface area contributed by atoms with E-state index < -0.39 is 0 Å². The number of aryl methyl sites for hydroxylation is 1. The molecule has 1 aromatic rings. The van der Waals surface area contributed by atoms with Gasteiger partial charge in [-0.3, -0.25) is 4.79 Å². The summed E-state index contributed by atoms with van der Waals surface area (Å²) in [5.41, 5.74) is 1.44. The van der Waals surface area contributed by atoms with Crippen LogP contribution < -0.4 is 5.32 Å². The van der Waals surface area contributed by atoms with Gasteiger partial charge in [0.1, 0.15) is 5.15 Å². The maximum Gasteiger partial charge on any atom is 0.234 e. The minimum absolute atomic E-state index is 0.0234. The summed E-state index contributed by atoms with van der Waals surface area (Å²) in [6.45, 7) is 1.81. The third-order valence-electron chi connectivity index (χ3n) is 1.60. The van der Waals surface area contributed by atoms with E-state index in [1.807, 2.05) is 6.26 Å². The maximum absolute atomic E-state index is 11.3. The molecule has 0 aromatic carbocycles. The summed E-state index contributed by atoms with van der Waals surface area (Å²) in [5, 5.41) is 3.19. The average molecular weight is 231 g/mol. The first-order valence-electron chi connectivity index (χ1n) is 4.05. The second kappa shape index (κ2) is 5.22. The van der Waals surface area contributed by atoms with Crippen LogP contribution in [-0.2, 0) is 4.79 Å². The highest BCUT2D eigenvalue weighted by atomic mass is 35.5. The molecule has 0 bridgehead atoms. The van der Waals surface area contributed by atoms with Crippen LogP contribution in [0.3, 0.4) is 0 Å². The van der Waals surface area contributed by atoms with Crippen LogP contribution >= 0.6 is 23.4 Å². The van der Waals surface area contributed by atoms with Crippen molar-refractivity contribution in [1.29, 1.82) is 0 Å². The van der Waals surface area contributed by atoms with Crippen LogP contribution in [-0.4, -0.2) is 22.9 Å². The smallest absolute Gasteiger partial charge is 0.234 e. The van der Waals surface area contributed by atoms with Gasteiger partial charge in [-0.25, -0.2) is 4.98 Å². The highest BCUT2D eigenvalue weighted by Crippen LogP contribution is 2.15. The van der Waals surface area contributed by atoms with Crippen molar-refractivity contribution < 1.29 is 4.79 Å². The number of hydrogen-bond donors (Lipinski definition) is 1. The van der Waals surface area contributed by atoms with E-state index in [1.165, 1.54) is 11.8 Å². The van der Waals surface area contributed by atoms with Gasteiger partial charge < -0.3 is 5.32 Å². The van der Waals surface area contributed by atoms with Gasteiger partial charge in [0, 0.05) is 0 Å². The molecule has 0 fully saturated rings. The van der Waals surface area contributed by atoms with E-state index in [4.69, 9.17) is 11.6 Å². The molecule has 0 unspecified atom stereocenters. The van der Waals surface area contributed by atoms with Gasteiger partial charge in [0.2, 0.25) is 5.91 Å². The molecule has 0 saturated carbocycles. The number of pyridine rings is 1. The molecule has 1 N–H and O–H groups in total. The van der Waals surface area contributed by atoms with Crippen molar-refractivity contribution in [3.8, 4) is 0 Å². The zero-order valence-electron chi connectivity index (χ0n) is 8.00. The van der Waals surface area contributed by atoms with E-state index in [-0.39, 0.29) is 5.91 Å². The third-order valence-corrected chi connectivity index (χ3v) is 2.36. The lowest BCUT2D eigenvalue weighted by Crippen LogP contribution is -2.14. The van der Waals surface area contributed by atoms with Gasteiger partial charge in [-0.1, -0.05) is 11.6 Å². The van der Waals surface area contributed by atoms with Crippen LogP contribution in [0, 0.1) is 6.92 Å². The Hall–Kier alpha value is -0.740. The zero-order valence-corrected chi connectivity index (χ0v) is 9.58. The monoisotopic (exact) mass is 230 g/mol. The number of carbonyl (C=O) groups is 1. The van der Waals surface area contributed by atoms with Crippen LogP contribution in [0.1, 0.15) is 5.69 Å². The fourth-order valence-electron chi connectivity index (χ4n) is 0.980. The number of anilines is 1. The largest absolute Gasteiger partial charge is 0.324 e. The number of hydrogen-bond acceptors (Lipinski definition) is 3. The van der Waals surface area contributed by atoms with Crippen molar-refractivity contribution in [2.75, 3.05) is 17.3 Å². The van der Waals surface area contributed by atoms with Crippen molar-refractivity contribution in [2.45, 2.75) is 6.92 Å².